The molecule has 4 rings (SSSR count). The molecule has 0 N–H and O–H groups in total. The third-order valence-corrected chi connectivity index (χ3v) is 5.52. The van der Waals surface area contributed by atoms with Gasteiger partial charge in [0.1, 0.15) is 11.5 Å². The maximum Gasteiger partial charge on any atom is 0.298 e. The van der Waals surface area contributed by atoms with Crippen LogP contribution in [-0.2, 0) is 11.2 Å². The largest absolute Gasteiger partial charge is 0.457 e. The Morgan fingerprint density at radius 2 is 1.90 bits per heavy atom. The van der Waals surface area contributed by atoms with E-state index in [1.54, 1.807) is 36.4 Å². The number of anilines is 1. The molecule has 0 saturated carbocycles. The van der Waals surface area contributed by atoms with Crippen molar-refractivity contribution in [3.8, 4) is 11.3 Å². The summed E-state index contributed by atoms with van der Waals surface area (Å²) in [7, 11) is 0. The molecule has 1 saturated heterocycles. The molecule has 0 bridgehead atoms. The maximum absolute atomic E-state index is 12.9. The molecule has 30 heavy (non-hydrogen) atoms. The molecular formula is C22H16N2O5S. The first kappa shape index (κ1) is 19.7. The molecular weight excluding hydrogens is 404 g/mol. The van der Waals surface area contributed by atoms with Crippen LogP contribution in [0.25, 0.3) is 17.4 Å². The topological polar surface area (TPSA) is 93.7 Å². The highest BCUT2D eigenvalue weighted by molar-refractivity contribution is 8.19. The van der Waals surface area contributed by atoms with Gasteiger partial charge >= 0.3 is 0 Å². The molecule has 3 aromatic rings. The van der Waals surface area contributed by atoms with Crippen LogP contribution >= 0.6 is 11.8 Å². The number of carbonyl (C=O) groups is 2. The minimum atomic E-state index is -0.475. The summed E-state index contributed by atoms with van der Waals surface area (Å²) in [6, 6.07) is 16.7. The Morgan fingerprint density at radius 3 is 2.67 bits per heavy atom. The van der Waals surface area contributed by atoms with Crippen molar-refractivity contribution in [3.63, 3.8) is 0 Å². The van der Waals surface area contributed by atoms with Gasteiger partial charge in [0.15, 0.2) is 0 Å². The summed E-state index contributed by atoms with van der Waals surface area (Å²) in [5.74, 6) is 0.408. The third-order valence-electron chi connectivity index (χ3n) is 4.65. The van der Waals surface area contributed by atoms with Crippen LogP contribution in [0.15, 0.2) is 70.0 Å². The molecule has 1 aliphatic heterocycles. The first-order valence-corrected chi connectivity index (χ1v) is 10.00. The Balaban J connectivity index is 1.62. The van der Waals surface area contributed by atoms with Gasteiger partial charge < -0.3 is 4.42 Å². The molecule has 2 heterocycles. The first-order chi connectivity index (χ1) is 14.5. The summed E-state index contributed by atoms with van der Waals surface area (Å²) < 4.78 is 5.74. The molecule has 1 aromatic heterocycles. The smallest absolute Gasteiger partial charge is 0.298 e. The molecule has 0 atom stereocenters. The number of nitro groups is 1. The number of benzene rings is 2. The van der Waals surface area contributed by atoms with E-state index in [1.807, 2.05) is 19.1 Å². The predicted octanol–water partition coefficient (Wildman–Crippen LogP) is 5.66. The van der Waals surface area contributed by atoms with Gasteiger partial charge in [0, 0.05) is 23.8 Å². The van der Waals surface area contributed by atoms with Gasteiger partial charge in [-0.25, -0.2) is 4.90 Å². The van der Waals surface area contributed by atoms with Crippen molar-refractivity contribution < 1.29 is 18.9 Å². The van der Waals surface area contributed by atoms with Crippen LogP contribution in [0, 0.1) is 10.1 Å². The second-order valence-electron chi connectivity index (χ2n) is 6.51. The van der Waals surface area contributed by atoms with Crippen LogP contribution < -0.4 is 4.90 Å². The van der Waals surface area contributed by atoms with Crippen molar-refractivity contribution in [2.75, 3.05) is 4.90 Å². The number of aryl methyl sites for hydroxylation is 1. The van der Waals surface area contributed by atoms with Crippen LogP contribution in [-0.4, -0.2) is 16.1 Å². The maximum atomic E-state index is 12.9. The zero-order valence-corrected chi connectivity index (χ0v) is 16.7. The highest BCUT2D eigenvalue weighted by Gasteiger charge is 2.37. The zero-order valence-electron chi connectivity index (χ0n) is 15.9. The summed E-state index contributed by atoms with van der Waals surface area (Å²) in [4.78, 5) is 37.3. The predicted molar refractivity (Wildman–Crippen MR) is 115 cm³/mol. The van der Waals surface area contributed by atoms with Crippen molar-refractivity contribution in [1.82, 2.24) is 0 Å². The van der Waals surface area contributed by atoms with E-state index in [4.69, 9.17) is 4.42 Å². The van der Waals surface area contributed by atoms with E-state index in [0.29, 0.717) is 29.2 Å². The van der Waals surface area contributed by atoms with Crippen LogP contribution in [0.2, 0.25) is 0 Å². The lowest BCUT2D eigenvalue weighted by Gasteiger charge is -2.16. The number of hydrogen-bond donors (Lipinski definition) is 0. The highest BCUT2D eigenvalue weighted by atomic mass is 32.2. The molecule has 0 unspecified atom stereocenters. The van der Waals surface area contributed by atoms with E-state index >= 15 is 0 Å². The fourth-order valence-corrected chi connectivity index (χ4v) is 4.01. The van der Waals surface area contributed by atoms with Crippen LogP contribution in [0.1, 0.15) is 18.2 Å². The molecule has 0 spiro atoms. The van der Waals surface area contributed by atoms with Crippen molar-refractivity contribution in [2.45, 2.75) is 13.3 Å². The number of para-hydroxylation sites is 1. The van der Waals surface area contributed by atoms with Crippen molar-refractivity contribution >= 4 is 40.4 Å². The van der Waals surface area contributed by atoms with E-state index in [-0.39, 0.29) is 15.8 Å². The number of rotatable bonds is 5. The number of amides is 2. The summed E-state index contributed by atoms with van der Waals surface area (Å²) in [6.45, 7) is 1.96. The summed E-state index contributed by atoms with van der Waals surface area (Å²) in [5, 5.41) is 10.6. The Bertz CT molecular complexity index is 1200. The van der Waals surface area contributed by atoms with Crippen LogP contribution in [0.3, 0.4) is 0 Å². The molecule has 8 heteroatoms. The Morgan fingerprint density at radius 1 is 1.10 bits per heavy atom. The van der Waals surface area contributed by atoms with E-state index in [9.17, 15) is 19.7 Å². The third kappa shape index (κ3) is 3.65. The molecule has 2 amide bonds. The summed E-state index contributed by atoms with van der Waals surface area (Å²) >= 11 is 0.851. The van der Waals surface area contributed by atoms with Gasteiger partial charge in [0.25, 0.3) is 16.8 Å². The Kier molecular flexibility index (Phi) is 5.24. The summed E-state index contributed by atoms with van der Waals surface area (Å²) in [6.07, 6.45) is 2.21. The lowest BCUT2D eigenvalue weighted by Crippen LogP contribution is -2.28. The quantitative estimate of drug-likeness (QED) is 0.300. The van der Waals surface area contributed by atoms with E-state index in [2.05, 4.69) is 0 Å². The number of nitro benzene ring substituents is 1. The van der Waals surface area contributed by atoms with E-state index in [0.717, 1.165) is 17.3 Å². The lowest BCUT2D eigenvalue weighted by atomic mass is 10.1. The van der Waals surface area contributed by atoms with Gasteiger partial charge in [0.2, 0.25) is 0 Å². The Hall–Kier alpha value is -3.65. The number of hydrogen-bond acceptors (Lipinski definition) is 6. The summed E-state index contributed by atoms with van der Waals surface area (Å²) in [5.41, 5.74) is 2.00. The number of thioether (sulfide) groups is 1. The van der Waals surface area contributed by atoms with Gasteiger partial charge in [-0.15, -0.1) is 0 Å². The average Bonchev–Trinajstić information content (AvgIpc) is 3.32. The van der Waals surface area contributed by atoms with Crippen LogP contribution in [0.5, 0.6) is 0 Å². The van der Waals surface area contributed by atoms with Gasteiger partial charge in [-0.2, -0.15) is 0 Å². The second kappa shape index (κ2) is 8.00. The van der Waals surface area contributed by atoms with Crippen molar-refractivity contribution in [2.24, 2.45) is 0 Å². The molecule has 0 aliphatic carbocycles. The molecule has 2 aromatic carbocycles. The van der Waals surface area contributed by atoms with Gasteiger partial charge in [-0.1, -0.05) is 37.3 Å². The van der Waals surface area contributed by atoms with Gasteiger partial charge in [-0.05, 0) is 41.9 Å². The monoisotopic (exact) mass is 420 g/mol. The lowest BCUT2D eigenvalue weighted by molar-refractivity contribution is -0.384. The standard InChI is InChI=1S/C22H16N2O5S/c1-2-14-6-3-4-9-18(14)23-21(25)20(30-22(23)26)13-17-10-11-19(29-17)15-7-5-8-16(12-15)24(27)28/h3-13H,2H2,1H3/b20-13+. The zero-order chi connectivity index (χ0) is 21.3. The van der Waals surface area contributed by atoms with E-state index < -0.39 is 10.8 Å². The minimum absolute atomic E-state index is 0.0406. The van der Waals surface area contributed by atoms with Gasteiger partial charge in [-0.3, -0.25) is 19.7 Å². The van der Waals surface area contributed by atoms with Crippen molar-refractivity contribution in [3.05, 3.63) is 87.0 Å². The number of imide groups is 1. The molecule has 1 fully saturated rings. The molecule has 1 aliphatic rings. The van der Waals surface area contributed by atoms with E-state index in [1.165, 1.54) is 23.1 Å². The minimum Gasteiger partial charge on any atom is -0.457 e. The number of carbonyl (C=O) groups excluding carboxylic acids is 2. The average molecular weight is 420 g/mol. The number of nitrogens with zero attached hydrogens (tertiary/aromatic N) is 2. The number of furan rings is 1. The van der Waals surface area contributed by atoms with Crippen LogP contribution in [0.4, 0.5) is 16.2 Å². The number of non-ortho nitro benzene ring substituents is 1. The molecule has 0 radical (unpaired) electrons. The molecule has 150 valence electrons. The highest BCUT2D eigenvalue weighted by Crippen LogP contribution is 2.37. The van der Waals surface area contributed by atoms with Crippen molar-refractivity contribution in [1.29, 1.82) is 0 Å². The first-order valence-electron chi connectivity index (χ1n) is 9.18. The molecule has 7 nitrogen and oxygen atoms in total. The Labute approximate surface area is 176 Å². The fourth-order valence-electron chi connectivity index (χ4n) is 3.19. The van der Waals surface area contributed by atoms with Gasteiger partial charge in [0.05, 0.1) is 15.5 Å². The normalized spacial score (nSPS) is 15.2. The SMILES string of the molecule is CCc1ccccc1N1C(=O)S/C(=C/c2ccc(-c3cccc([N+](=O)[O-])c3)o2)C1=O. The fraction of sp³-hybridized carbons (Fsp3) is 0.0909. The second-order valence-corrected chi connectivity index (χ2v) is 7.50.